The molecule has 2 nitrogen and oxygen atoms in total. The number of hydrogen-bond donors (Lipinski definition) is 0. The van der Waals surface area contributed by atoms with Gasteiger partial charge in [0.25, 0.3) is 0 Å². The van der Waals surface area contributed by atoms with Crippen LogP contribution in [0.25, 0.3) is 110 Å². The normalized spacial score (nSPS) is 14.0. The highest BCUT2D eigenvalue weighted by atomic mass is 16.3. The molecular weight excluding hydrogens is 633 g/mol. The van der Waals surface area contributed by atoms with Gasteiger partial charge in [-0.1, -0.05) is 170 Å². The van der Waals surface area contributed by atoms with Gasteiger partial charge in [0.2, 0.25) is 0 Å². The summed E-state index contributed by atoms with van der Waals surface area (Å²) in [6.07, 6.45) is 0. The molecule has 11 rings (SSSR count). The Labute approximate surface area is 311 Å². The van der Waals surface area contributed by atoms with Gasteiger partial charge in [0.05, 0.1) is 11.0 Å². The van der Waals surface area contributed by atoms with Crippen LogP contribution in [0.2, 0.25) is 0 Å². The molecule has 0 radical (unpaired) electrons. The fraction of sp³-hybridized carbons (Fsp3) is 0. The van der Waals surface area contributed by atoms with Crippen molar-refractivity contribution in [2.75, 3.05) is 0 Å². The second-order valence-corrected chi connectivity index (χ2v) is 13.0. The Balaban J connectivity index is 1.17. The Kier molecular flexibility index (Phi) is 4.79. The molecule has 11 aromatic rings. The zero-order valence-electron chi connectivity index (χ0n) is 35.5. The highest BCUT2D eigenvalue weighted by Crippen LogP contribution is 2.45. The maximum absolute atomic E-state index is 9.35. The van der Waals surface area contributed by atoms with Crippen LogP contribution >= 0.6 is 0 Å². The van der Waals surface area contributed by atoms with Crippen LogP contribution in [-0.4, -0.2) is 0 Å². The summed E-state index contributed by atoms with van der Waals surface area (Å²) >= 11 is 0. The molecule has 0 spiro atoms. The van der Waals surface area contributed by atoms with Crippen LogP contribution in [0.15, 0.2) is 191 Å². The summed E-state index contributed by atoms with van der Waals surface area (Å²) in [6, 6.07) is 39.7. The molecule has 52 heavy (non-hydrogen) atoms. The van der Waals surface area contributed by atoms with Crippen LogP contribution in [0, 0.1) is 0 Å². The second-order valence-electron chi connectivity index (χ2n) is 13.0. The fourth-order valence-electron chi connectivity index (χ4n) is 7.78. The Morgan fingerprint density at radius 2 is 0.654 bits per heavy atom. The molecule has 0 aliphatic carbocycles. The molecular formula is C50H30O2. The SMILES string of the molecule is [2H]c1c([2H])c([2H])c2c(-c3ccc(-c4cccc5c4oc4ccccc45)cc3)c3c([2H])c([2H])c([2H])c([2H])c3c(-c3ccc(-c4cccc5c4oc4ccccc45)cc3)c2c1[2H]. The lowest BCUT2D eigenvalue weighted by Crippen LogP contribution is -1.91. The first-order valence-electron chi connectivity index (χ1n) is 21.1. The van der Waals surface area contributed by atoms with Crippen molar-refractivity contribution >= 4 is 65.4 Å². The molecule has 0 bridgehead atoms. The zero-order valence-corrected chi connectivity index (χ0v) is 27.5. The van der Waals surface area contributed by atoms with Crippen LogP contribution in [0.4, 0.5) is 0 Å². The average Bonchev–Trinajstić information content (AvgIpc) is 3.87. The third-order valence-corrected chi connectivity index (χ3v) is 10.2. The van der Waals surface area contributed by atoms with Gasteiger partial charge < -0.3 is 8.83 Å². The molecule has 242 valence electrons. The van der Waals surface area contributed by atoms with E-state index in [9.17, 15) is 5.48 Å². The minimum Gasteiger partial charge on any atom is -0.455 e. The first-order chi connectivity index (χ1) is 29.1. The van der Waals surface area contributed by atoms with Crippen molar-refractivity contribution in [1.82, 2.24) is 0 Å². The Morgan fingerprint density at radius 3 is 1.06 bits per heavy atom. The van der Waals surface area contributed by atoms with Gasteiger partial charge in [0.15, 0.2) is 0 Å². The van der Waals surface area contributed by atoms with Crippen LogP contribution in [0.1, 0.15) is 11.0 Å². The highest BCUT2D eigenvalue weighted by molar-refractivity contribution is 6.21. The molecule has 0 aliphatic heterocycles. The molecule has 0 unspecified atom stereocenters. The van der Waals surface area contributed by atoms with Crippen molar-refractivity contribution in [2.24, 2.45) is 0 Å². The minimum absolute atomic E-state index is 0.164. The third-order valence-electron chi connectivity index (χ3n) is 10.2. The molecule has 0 aliphatic rings. The average molecular weight is 671 g/mol. The maximum atomic E-state index is 9.35. The van der Waals surface area contributed by atoms with E-state index in [1.807, 2.05) is 133 Å². The molecule has 0 saturated carbocycles. The largest absolute Gasteiger partial charge is 0.455 e. The van der Waals surface area contributed by atoms with E-state index in [2.05, 4.69) is 0 Å². The smallest absolute Gasteiger partial charge is 0.143 e. The van der Waals surface area contributed by atoms with Gasteiger partial charge in [-0.05, 0) is 67.1 Å². The van der Waals surface area contributed by atoms with Gasteiger partial charge >= 0.3 is 0 Å². The molecule has 0 saturated heterocycles. The van der Waals surface area contributed by atoms with Gasteiger partial charge in [0, 0.05) is 32.7 Å². The standard InChI is InChI=1S/C50H30O2/c1-2-14-40-39(13-1)47(33-27-23-31(24-28-33)35-17-9-19-43-37-11-5-7-21-45(37)51-49(35)43)41-15-3-4-16-42(41)48(40)34-29-25-32(26-30-34)36-18-10-20-44-38-12-6-8-22-46(38)52-50(36)44/h1-30H/i1D,2D,3D,4D,13D,14D,15D,16D. The van der Waals surface area contributed by atoms with Crippen LogP contribution in [0.3, 0.4) is 0 Å². The summed E-state index contributed by atoms with van der Waals surface area (Å²) in [4.78, 5) is 0. The summed E-state index contributed by atoms with van der Waals surface area (Å²) in [5.74, 6) is 0. The summed E-state index contributed by atoms with van der Waals surface area (Å²) in [5, 5.41) is 4.62. The van der Waals surface area contributed by atoms with E-state index >= 15 is 0 Å². The number of fused-ring (bicyclic) bond motifs is 8. The van der Waals surface area contributed by atoms with E-state index in [1.165, 1.54) is 0 Å². The number of para-hydroxylation sites is 4. The van der Waals surface area contributed by atoms with Gasteiger partial charge in [-0.3, -0.25) is 0 Å². The number of benzene rings is 9. The lowest BCUT2D eigenvalue weighted by Gasteiger charge is -2.18. The lowest BCUT2D eigenvalue weighted by molar-refractivity contribution is 0.669. The van der Waals surface area contributed by atoms with Gasteiger partial charge in [-0.15, -0.1) is 0 Å². The van der Waals surface area contributed by atoms with Crippen molar-refractivity contribution < 1.29 is 19.8 Å². The quantitative estimate of drug-likeness (QED) is 0.174. The van der Waals surface area contributed by atoms with Crippen molar-refractivity contribution in [3.63, 3.8) is 0 Å². The molecule has 2 heterocycles. The van der Waals surface area contributed by atoms with Crippen molar-refractivity contribution in [3.8, 4) is 44.5 Å². The Bertz CT molecular complexity index is 3300. The molecule has 2 heteroatoms. The summed E-state index contributed by atoms with van der Waals surface area (Å²) < 4.78 is 85.3. The van der Waals surface area contributed by atoms with Gasteiger partial charge in [-0.25, -0.2) is 0 Å². The van der Waals surface area contributed by atoms with E-state index in [-0.39, 0.29) is 45.7 Å². The van der Waals surface area contributed by atoms with E-state index < -0.39 is 24.2 Å². The first kappa shape index (κ1) is 22.0. The predicted molar refractivity (Wildman–Crippen MR) is 218 cm³/mol. The minimum atomic E-state index is -0.442. The van der Waals surface area contributed by atoms with E-state index in [1.54, 1.807) is 0 Å². The van der Waals surface area contributed by atoms with Crippen LogP contribution in [-0.2, 0) is 0 Å². The van der Waals surface area contributed by atoms with E-state index in [0.717, 1.165) is 66.1 Å². The summed E-state index contributed by atoms with van der Waals surface area (Å²) in [5.41, 5.74) is 8.08. The fourth-order valence-corrected chi connectivity index (χ4v) is 7.78. The molecule has 0 fully saturated rings. The monoisotopic (exact) mass is 670 g/mol. The summed E-state index contributed by atoms with van der Waals surface area (Å²) in [7, 11) is 0. The molecule has 0 amide bonds. The topological polar surface area (TPSA) is 26.3 Å². The number of rotatable bonds is 4. The Morgan fingerprint density at radius 1 is 0.308 bits per heavy atom. The van der Waals surface area contributed by atoms with Crippen molar-refractivity contribution in [1.29, 1.82) is 0 Å². The van der Waals surface area contributed by atoms with Gasteiger partial charge in [-0.2, -0.15) is 0 Å². The first-order valence-corrected chi connectivity index (χ1v) is 17.1. The van der Waals surface area contributed by atoms with Crippen molar-refractivity contribution in [3.05, 3.63) is 182 Å². The van der Waals surface area contributed by atoms with E-state index in [4.69, 9.17) is 14.3 Å². The van der Waals surface area contributed by atoms with Crippen molar-refractivity contribution in [2.45, 2.75) is 0 Å². The molecule has 2 aromatic heterocycles. The number of hydrogen-bond acceptors (Lipinski definition) is 2. The zero-order chi connectivity index (χ0) is 41.1. The maximum Gasteiger partial charge on any atom is 0.143 e. The van der Waals surface area contributed by atoms with Crippen LogP contribution in [0.5, 0.6) is 0 Å². The Hall–Kier alpha value is -6.90. The third kappa shape index (κ3) is 4.31. The summed E-state index contributed by atoms with van der Waals surface area (Å²) in [6.45, 7) is 0. The van der Waals surface area contributed by atoms with Gasteiger partial charge in [0.1, 0.15) is 22.3 Å². The van der Waals surface area contributed by atoms with Crippen LogP contribution < -0.4 is 0 Å². The van der Waals surface area contributed by atoms with E-state index in [0.29, 0.717) is 22.3 Å². The highest BCUT2D eigenvalue weighted by Gasteiger charge is 2.18. The molecule has 9 aromatic carbocycles. The molecule has 0 N–H and O–H groups in total. The number of furan rings is 2. The second kappa shape index (κ2) is 11.3. The lowest BCUT2D eigenvalue weighted by atomic mass is 9.85. The molecule has 0 atom stereocenters. The predicted octanol–water partition coefficient (Wildman–Crippen LogP) is 14.5.